The lowest BCUT2D eigenvalue weighted by atomic mass is 10.2. The first-order valence-electron chi connectivity index (χ1n) is 9.89. The van der Waals surface area contributed by atoms with E-state index in [9.17, 15) is 13.2 Å². The molecule has 0 aromatic heterocycles. The lowest BCUT2D eigenvalue weighted by Gasteiger charge is -2.34. The van der Waals surface area contributed by atoms with Crippen molar-refractivity contribution in [3.63, 3.8) is 0 Å². The molecule has 154 valence electrons. The number of hydrogen-bond acceptors (Lipinski definition) is 5. The number of amides is 1. The molecule has 2 heterocycles. The first-order valence-corrected chi connectivity index (χ1v) is 11.4. The minimum Gasteiger partial charge on any atom is -0.369 e. The molecule has 2 aromatic carbocycles. The highest BCUT2D eigenvalue weighted by Crippen LogP contribution is 2.25. The smallest absolute Gasteiger partial charge is 0.261 e. The minimum absolute atomic E-state index is 0.0826. The predicted molar refractivity (Wildman–Crippen MR) is 115 cm³/mol. The van der Waals surface area contributed by atoms with Crippen LogP contribution in [0, 0.1) is 0 Å². The van der Waals surface area contributed by atoms with Crippen molar-refractivity contribution in [2.24, 2.45) is 0 Å². The third-order valence-corrected chi connectivity index (χ3v) is 6.92. The van der Waals surface area contributed by atoms with Gasteiger partial charge in [0.2, 0.25) is 5.91 Å². The second kappa shape index (κ2) is 8.04. The maximum atomic E-state index is 12.7. The average Bonchev–Trinajstić information content (AvgIpc) is 3.15. The van der Waals surface area contributed by atoms with Crippen LogP contribution in [0.4, 0.5) is 17.1 Å². The van der Waals surface area contributed by atoms with E-state index in [0.717, 1.165) is 44.0 Å². The third kappa shape index (κ3) is 4.38. The van der Waals surface area contributed by atoms with E-state index in [-0.39, 0.29) is 10.8 Å². The van der Waals surface area contributed by atoms with Crippen molar-refractivity contribution in [2.75, 3.05) is 54.3 Å². The van der Waals surface area contributed by atoms with Gasteiger partial charge >= 0.3 is 0 Å². The third-order valence-electron chi connectivity index (χ3n) is 5.52. The molecule has 0 bridgehead atoms. The Labute approximate surface area is 172 Å². The number of benzene rings is 2. The first kappa shape index (κ1) is 19.7. The summed E-state index contributed by atoms with van der Waals surface area (Å²) in [5, 5.41) is 0. The Bertz CT molecular complexity index is 966. The fraction of sp³-hybridized carbons (Fsp3) is 0.381. The molecule has 0 atom stereocenters. The molecule has 7 nitrogen and oxygen atoms in total. The second-order valence-corrected chi connectivity index (χ2v) is 9.27. The van der Waals surface area contributed by atoms with Gasteiger partial charge in [-0.25, -0.2) is 8.42 Å². The van der Waals surface area contributed by atoms with Crippen LogP contribution in [0.1, 0.15) is 12.8 Å². The molecule has 2 aliphatic heterocycles. The van der Waals surface area contributed by atoms with Crippen molar-refractivity contribution in [1.29, 1.82) is 0 Å². The number of carbonyl (C=O) groups excluding carboxylic acids is 1. The lowest BCUT2D eigenvalue weighted by molar-refractivity contribution is -0.117. The van der Waals surface area contributed by atoms with Gasteiger partial charge in [0, 0.05) is 56.2 Å². The standard InChI is InChI=1S/C21H26N4O3S/c1-23-13-15-24(16-14-23)18-6-4-17(5-7-18)22-29(27,28)20-10-8-19(9-11-20)25-12-2-3-21(25)26/h4-11,22H,2-3,12-16H2,1H3. The van der Waals surface area contributed by atoms with E-state index in [2.05, 4.69) is 21.6 Å². The molecule has 0 saturated carbocycles. The van der Waals surface area contributed by atoms with Crippen LogP contribution in [-0.2, 0) is 14.8 Å². The summed E-state index contributed by atoms with van der Waals surface area (Å²) in [6, 6.07) is 14.0. The van der Waals surface area contributed by atoms with Crippen molar-refractivity contribution in [2.45, 2.75) is 17.7 Å². The summed E-state index contributed by atoms with van der Waals surface area (Å²) < 4.78 is 28.1. The lowest BCUT2D eigenvalue weighted by Crippen LogP contribution is -2.44. The summed E-state index contributed by atoms with van der Waals surface area (Å²) in [5.41, 5.74) is 2.37. The maximum absolute atomic E-state index is 12.7. The van der Waals surface area contributed by atoms with E-state index in [1.807, 2.05) is 12.1 Å². The molecule has 4 rings (SSSR count). The summed E-state index contributed by atoms with van der Waals surface area (Å²) in [5.74, 6) is 0.0826. The summed E-state index contributed by atoms with van der Waals surface area (Å²) in [7, 11) is -1.57. The number of piperazine rings is 1. The summed E-state index contributed by atoms with van der Waals surface area (Å²) >= 11 is 0. The van der Waals surface area contributed by atoms with Crippen LogP contribution in [0.3, 0.4) is 0 Å². The number of anilines is 3. The zero-order valence-electron chi connectivity index (χ0n) is 16.5. The van der Waals surface area contributed by atoms with E-state index in [0.29, 0.717) is 18.7 Å². The van der Waals surface area contributed by atoms with Gasteiger partial charge < -0.3 is 14.7 Å². The fourth-order valence-electron chi connectivity index (χ4n) is 3.75. The number of sulfonamides is 1. The van der Waals surface area contributed by atoms with E-state index in [1.54, 1.807) is 41.3 Å². The summed E-state index contributed by atoms with van der Waals surface area (Å²) in [6.07, 6.45) is 1.39. The van der Waals surface area contributed by atoms with Crippen molar-refractivity contribution >= 4 is 33.0 Å². The predicted octanol–water partition coefficient (Wildman–Crippen LogP) is 2.37. The van der Waals surface area contributed by atoms with Gasteiger partial charge in [-0.3, -0.25) is 9.52 Å². The van der Waals surface area contributed by atoms with Gasteiger partial charge in [-0.05, 0) is 62.0 Å². The van der Waals surface area contributed by atoms with Gasteiger partial charge in [0.1, 0.15) is 0 Å². The van der Waals surface area contributed by atoms with E-state index >= 15 is 0 Å². The van der Waals surface area contributed by atoms with Crippen molar-refractivity contribution in [1.82, 2.24) is 4.90 Å². The highest BCUT2D eigenvalue weighted by molar-refractivity contribution is 7.92. The van der Waals surface area contributed by atoms with Gasteiger partial charge in [0.25, 0.3) is 10.0 Å². The monoisotopic (exact) mass is 414 g/mol. The summed E-state index contributed by atoms with van der Waals surface area (Å²) in [6.45, 7) is 4.66. The first-order chi connectivity index (χ1) is 13.9. The molecule has 0 aliphatic carbocycles. The van der Waals surface area contributed by atoms with E-state index in [1.165, 1.54) is 0 Å². The van der Waals surface area contributed by atoms with Crippen LogP contribution in [-0.4, -0.2) is 59.0 Å². The van der Waals surface area contributed by atoms with Gasteiger partial charge in [-0.1, -0.05) is 0 Å². The van der Waals surface area contributed by atoms with E-state index in [4.69, 9.17) is 0 Å². The molecule has 2 aliphatic rings. The number of nitrogens with zero attached hydrogens (tertiary/aromatic N) is 3. The largest absolute Gasteiger partial charge is 0.369 e. The van der Waals surface area contributed by atoms with E-state index < -0.39 is 10.0 Å². The fourth-order valence-corrected chi connectivity index (χ4v) is 4.80. The molecule has 1 amide bonds. The molecule has 2 fully saturated rings. The molecular weight excluding hydrogens is 388 g/mol. The highest BCUT2D eigenvalue weighted by Gasteiger charge is 2.22. The maximum Gasteiger partial charge on any atom is 0.261 e. The Morgan fingerprint density at radius 1 is 0.828 bits per heavy atom. The number of hydrogen-bond donors (Lipinski definition) is 1. The minimum atomic E-state index is -3.69. The SMILES string of the molecule is CN1CCN(c2ccc(NS(=O)(=O)c3ccc(N4CCCC4=O)cc3)cc2)CC1. The van der Waals surface area contributed by atoms with Gasteiger partial charge in [-0.2, -0.15) is 0 Å². The van der Waals surface area contributed by atoms with Crippen LogP contribution in [0.15, 0.2) is 53.4 Å². The molecule has 8 heteroatoms. The van der Waals surface area contributed by atoms with Crippen molar-refractivity contribution < 1.29 is 13.2 Å². The molecule has 1 N–H and O–H groups in total. The number of nitrogens with one attached hydrogen (secondary N) is 1. The zero-order valence-corrected chi connectivity index (χ0v) is 17.4. The summed E-state index contributed by atoms with van der Waals surface area (Å²) in [4.78, 5) is 18.3. The molecule has 0 radical (unpaired) electrons. The molecule has 2 saturated heterocycles. The molecule has 0 spiro atoms. The van der Waals surface area contributed by atoms with Crippen LogP contribution in [0.25, 0.3) is 0 Å². The molecular formula is C21H26N4O3S. The molecule has 29 heavy (non-hydrogen) atoms. The quantitative estimate of drug-likeness (QED) is 0.813. The van der Waals surface area contributed by atoms with Crippen LogP contribution in [0.2, 0.25) is 0 Å². The van der Waals surface area contributed by atoms with Crippen LogP contribution >= 0.6 is 0 Å². The zero-order chi connectivity index (χ0) is 20.4. The second-order valence-electron chi connectivity index (χ2n) is 7.59. The Morgan fingerprint density at radius 2 is 1.45 bits per heavy atom. The van der Waals surface area contributed by atoms with Gasteiger partial charge in [-0.15, -0.1) is 0 Å². The Kier molecular flexibility index (Phi) is 5.47. The Hall–Kier alpha value is -2.58. The molecule has 0 unspecified atom stereocenters. The topological polar surface area (TPSA) is 73.0 Å². The number of rotatable bonds is 5. The molecule has 2 aromatic rings. The van der Waals surface area contributed by atoms with Crippen molar-refractivity contribution in [3.05, 3.63) is 48.5 Å². The van der Waals surface area contributed by atoms with Crippen molar-refractivity contribution in [3.8, 4) is 0 Å². The Morgan fingerprint density at radius 3 is 2.03 bits per heavy atom. The number of carbonyl (C=O) groups is 1. The highest BCUT2D eigenvalue weighted by atomic mass is 32.2. The van der Waals surface area contributed by atoms with Gasteiger partial charge in [0.15, 0.2) is 0 Å². The Balaban J connectivity index is 1.43. The van der Waals surface area contributed by atoms with Crippen LogP contribution in [0.5, 0.6) is 0 Å². The average molecular weight is 415 g/mol. The number of likely N-dealkylation sites (N-methyl/N-ethyl adjacent to an activating group) is 1. The normalized spacial score (nSPS) is 18.3. The van der Waals surface area contributed by atoms with Gasteiger partial charge in [0.05, 0.1) is 4.90 Å². The van der Waals surface area contributed by atoms with Crippen LogP contribution < -0.4 is 14.5 Å².